The quantitative estimate of drug-likeness (QED) is 0.291. The molecule has 4 aromatic rings. The summed E-state index contributed by atoms with van der Waals surface area (Å²) in [5.74, 6) is -0.158. The van der Waals surface area contributed by atoms with Crippen LogP contribution in [0.2, 0.25) is 0 Å². The number of halogens is 2. The van der Waals surface area contributed by atoms with E-state index >= 15 is 0 Å². The van der Waals surface area contributed by atoms with Gasteiger partial charge >= 0.3 is 0 Å². The van der Waals surface area contributed by atoms with Gasteiger partial charge in [0.1, 0.15) is 17.4 Å². The molecule has 0 unspecified atom stereocenters. The van der Waals surface area contributed by atoms with Gasteiger partial charge in [-0.05, 0) is 85.7 Å². The van der Waals surface area contributed by atoms with Crippen LogP contribution in [0.4, 0.5) is 8.78 Å². The van der Waals surface area contributed by atoms with E-state index in [1.165, 1.54) is 17.7 Å². The number of ether oxygens (including phenoxy) is 1. The van der Waals surface area contributed by atoms with Crippen molar-refractivity contribution in [3.63, 3.8) is 0 Å². The number of rotatable bonds is 6. The minimum Gasteiger partial charge on any atom is -0.497 e. The molecule has 0 aliphatic carbocycles. The Bertz CT molecular complexity index is 1390. The van der Waals surface area contributed by atoms with Crippen molar-refractivity contribution in [3.8, 4) is 22.7 Å². The molecule has 0 bridgehead atoms. The zero-order valence-corrected chi connectivity index (χ0v) is 21.1. The molecule has 1 fully saturated rings. The highest BCUT2D eigenvalue weighted by molar-refractivity contribution is 5.97. The summed E-state index contributed by atoms with van der Waals surface area (Å²) in [6, 6.07) is 23.2. The number of hydrogen-bond donors (Lipinski definition) is 0. The molecule has 1 aliphatic rings. The average molecular weight is 501 g/mol. The summed E-state index contributed by atoms with van der Waals surface area (Å²) in [6.07, 6.45) is 2.90. The lowest BCUT2D eigenvalue weighted by atomic mass is 9.90. The second-order valence-corrected chi connectivity index (χ2v) is 9.61. The van der Waals surface area contributed by atoms with Crippen LogP contribution >= 0.6 is 0 Å². The van der Waals surface area contributed by atoms with Crippen LogP contribution in [0.15, 0.2) is 78.9 Å². The zero-order chi connectivity index (χ0) is 25.9. The van der Waals surface area contributed by atoms with Crippen LogP contribution in [0, 0.1) is 24.5 Å². The number of piperidine rings is 1. The van der Waals surface area contributed by atoms with Gasteiger partial charge in [-0.3, -0.25) is 4.79 Å². The second kappa shape index (κ2) is 10.6. The van der Waals surface area contributed by atoms with Crippen molar-refractivity contribution in [1.82, 2.24) is 9.47 Å². The Balaban J connectivity index is 1.44. The molecule has 5 rings (SSSR count). The largest absolute Gasteiger partial charge is 0.497 e. The first-order valence-corrected chi connectivity index (χ1v) is 12.6. The Morgan fingerprint density at radius 2 is 1.65 bits per heavy atom. The number of hydrogen-bond acceptors (Lipinski definition) is 2. The molecule has 190 valence electrons. The van der Waals surface area contributed by atoms with E-state index in [9.17, 15) is 13.6 Å². The van der Waals surface area contributed by atoms with E-state index in [1.54, 1.807) is 11.7 Å². The first kappa shape index (κ1) is 24.8. The van der Waals surface area contributed by atoms with Gasteiger partial charge in [0, 0.05) is 24.8 Å². The van der Waals surface area contributed by atoms with E-state index in [0.29, 0.717) is 41.7 Å². The predicted molar refractivity (Wildman–Crippen MR) is 141 cm³/mol. The van der Waals surface area contributed by atoms with Crippen molar-refractivity contribution in [2.24, 2.45) is 5.92 Å². The fourth-order valence-corrected chi connectivity index (χ4v) is 5.23. The number of likely N-dealkylation sites (tertiary alicyclic amines) is 1. The average Bonchev–Trinajstić information content (AvgIpc) is 3.26. The van der Waals surface area contributed by atoms with Gasteiger partial charge in [-0.25, -0.2) is 8.78 Å². The first-order valence-electron chi connectivity index (χ1n) is 12.6. The lowest BCUT2D eigenvalue weighted by molar-refractivity contribution is 0.0690. The van der Waals surface area contributed by atoms with Crippen molar-refractivity contribution in [3.05, 3.63) is 107 Å². The molecule has 1 aromatic heterocycles. The molecule has 1 amide bonds. The monoisotopic (exact) mass is 500 g/mol. The SMILES string of the molecule is COc1ccc(-c2cc(C(=O)N3CCC(Cc4ccccc4)CC3)c(C)n2-c2ccc(F)cc2F)cc1. The number of aromatic nitrogens is 1. The predicted octanol–water partition coefficient (Wildman–Crippen LogP) is 6.83. The number of amides is 1. The van der Waals surface area contributed by atoms with E-state index in [-0.39, 0.29) is 11.6 Å². The zero-order valence-electron chi connectivity index (χ0n) is 21.1. The summed E-state index contributed by atoms with van der Waals surface area (Å²) in [4.78, 5) is 15.6. The van der Waals surface area contributed by atoms with Crippen LogP contribution in [0.1, 0.15) is 34.5 Å². The normalized spacial score (nSPS) is 14.1. The molecule has 37 heavy (non-hydrogen) atoms. The summed E-state index contributed by atoms with van der Waals surface area (Å²) >= 11 is 0. The molecule has 3 aromatic carbocycles. The van der Waals surface area contributed by atoms with E-state index in [1.807, 2.05) is 48.2 Å². The third-order valence-electron chi connectivity index (χ3n) is 7.28. The van der Waals surface area contributed by atoms with Crippen molar-refractivity contribution >= 4 is 5.91 Å². The topological polar surface area (TPSA) is 34.5 Å². The molecule has 0 N–H and O–H groups in total. The molecule has 1 saturated heterocycles. The van der Waals surface area contributed by atoms with Crippen LogP contribution in [0.3, 0.4) is 0 Å². The van der Waals surface area contributed by atoms with Gasteiger partial charge < -0.3 is 14.2 Å². The van der Waals surface area contributed by atoms with Crippen LogP contribution in [0.25, 0.3) is 16.9 Å². The van der Waals surface area contributed by atoms with E-state index in [4.69, 9.17) is 4.74 Å². The number of benzene rings is 3. The van der Waals surface area contributed by atoms with Crippen LogP contribution in [-0.2, 0) is 6.42 Å². The molecule has 4 nitrogen and oxygen atoms in total. The van der Waals surface area contributed by atoms with E-state index in [2.05, 4.69) is 24.3 Å². The van der Waals surface area contributed by atoms with Gasteiger partial charge in [0.15, 0.2) is 0 Å². The van der Waals surface area contributed by atoms with Crippen molar-refractivity contribution in [1.29, 1.82) is 0 Å². The van der Waals surface area contributed by atoms with Gasteiger partial charge in [-0.2, -0.15) is 0 Å². The minimum atomic E-state index is -0.686. The lowest BCUT2D eigenvalue weighted by Crippen LogP contribution is -2.39. The van der Waals surface area contributed by atoms with Gasteiger partial charge in [0.25, 0.3) is 5.91 Å². The Hall–Kier alpha value is -3.93. The third kappa shape index (κ3) is 5.15. The Labute approximate surface area is 216 Å². The fourth-order valence-electron chi connectivity index (χ4n) is 5.23. The van der Waals surface area contributed by atoms with E-state index in [0.717, 1.165) is 30.9 Å². The molecule has 0 atom stereocenters. The van der Waals surface area contributed by atoms with Crippen molar-refractivity contribution in [2.75, 3.05) is 20.2 Å². The molecular weight excluding hydrogens is 470 g/mol. The van der Waals surface area contributed by atoms with Gasteiger partial charge in [-0.15, -0.1) is 0 Å². The van der Waals surface area contributed by atoms with Crippen molar-refractivity contribution in [2.45, 2.75) is 26.2 Å². The minimum absolute atomic E-state index is 0.0632. The van der Waals surface area contributed by atoms with Crippen molar-refractivity contribution < 1.29 is 18.3 Å². The first-order chi connectivity index (χ1) is 17.9. The Morgan fingerprint density at radius 1 is 0.946 bits per heavy atom. The van der Waals surface area contributed by atoms with Gasteiger partial charge in [0.2, 0.25) is 0 Å². The molecular formula is C31H30F2N2O2. The maximum Gasteiger partial charge on any atom is 0.255 e. The highest BCUT2D eigenvalue weighted by Gasteiger charge is 2.28. The maximum absolute atomic E-state index is 14.9. The molecule has 1 aliphatic heterocycles. The van der Waals surface area contributed by atoms with Crippen LogP contribution in [-0.4, -0.2) is 35.6 Å². The lowest BCUT2D eigenvalue weighted by Gasteiger charge is -2.32. The molecule has 0 saturated carbocycles. The number of carbonyl (C=O) groups is 1. The molecule has 0 spiro atoms. The van der Waals surface area contributed by atoms with Crippen LogP contribution < -0.4 is 4.74 Å². The van der Waals surface area contributed by atoms with Crippen LogP contribution in [0.5, 0.6) is 5.75 Å². The summed E-state index contributed by atoms with van der Waals surface area (Å²) in [5, 5.41) is 0. The smallest absolute Gasteiger partial charge is 0.255 e. The maximum atomic E-state index is 14.9. The molecule has 0 radical (unpaired) electrons. The fraction of sp³-hybridized carbons (Fsp3) is 0.258. The number of carbonyl (C=O) groups excluding carboxylic acids is 1. The summed E-state index contributed by atoms with van der Waals surface area (Å²) in [5.41, 5.74) is 4.13. The standard InChI is InChI=1S/C31H30F2N2O2/c1-21-27(31(36)34-16-14-23(15-17-34)18-22-6-4-3-5-7-22)20-30(24-8-11-26(37-2)12-9-24)35(21)29-13-10-25(32)19-28(29)33/h3-13,19-20,23H,14-18H2,1-2H3. The highest BCUT2D eigenvalue weighted by atomic mass is 19.1. The molecule has 2 heterocycles. The summed E-state index contributed by atoms with van der Waals surface area (Å²) in [7, 11) is 1.59. The van der Waals surface area contributed by atoms with E-state index < -0.39 is 11.6 Å². The third-order valence-corrected chi connectivity index (χ3v) is 7.28. The van der Waals surface area contributed by atoms with Gasteiger partial charge in [0.05, 0.1) is 24.1 Å². The Kier molecular flexibility index (Phi) is 7.08. The van der Waals surface area contributed by atoms with Gasteiger partial charge in [-0.1, -0.05) is 30.3 Å². The second-order valence-electron chi connectivity index (χ2n) is 9.61. The number of nitrogens with zero attached hydrogens (tertiary/aromatic N) is 2. The Morgan fingerprint density at radius 3 is 2.30 bits per heavy atom. The summed E-state index contributed by atoms with van der Waals surface area (Å²) < 4.78 is 35.6. The molecule has 6 heteroatoms. The highest BCUT2D eigenvalue weighted by Crippen LogP contribution is 2.33. The summed E-state index contributed by atoms with van der Waals surface area (Å²) in [6.45, 7) is 3.18. The number of methoxy groups -OCH3 is 1.